The van der Waals surface area contributed by atoms with Crippen molar-refractivity contribution >= 4 is 43.1 Å². The van der Waals surface area contributed by atoms with Gasteiger partial charge in [0.05, 0.1) is 10.3 Å². The van der Waals surface area contributed by atoms with Gasteiger partial charge in [-0.3, -0.25) is 4.79 Å². The van der Waals surface area contributed by atoms with Crippen molar-refractivity contribution in [2.75, 3.05) is 36.8 Å². The monoisotopic (exact) mass is 430 g/mol. The molecule has 1 aliphatic heterocycles. The minimum Gasteiger partial charge on any atom is -0.352 e. The van der Waals surface area contributed by atoms with Gasteiger partial charge in [-0.1, -0.05) is 25.1 Å². The van der Waals surface area contributed by atoms with E-state index in [2.05, 4.69) is 27.9 Å². The molecule has 7 nitrogen and oxygen atoms in total. The van der Waals surface area contributed by atoms with Gasteiger partial charge in [-0.15, -0.1) is 11.3 Å². The van der Waals surface area contributed by atoms with Crippen LogP contribution < -0.4 is 4.90 Å². The molecule has 9 heteroatoms. The maximum Gasteiger partial charge on any atom is 0.238 e. The van der Waals surface area contributed by atoms with E-state index in [1.807, 2.05) is 0 Å². The quantitative estimate of drug-likeness (QED) is 0.618. The predicted molar refractivity (Wildman–Crippen MR) is 114 cm³/mol. The Morgan fingerprint density at radius 2 is 1.83 bits per heavy atom. The zero-order valence-electron chi connectivity index (χ0n) is 16.1. The summed E-state index contributed by atoms with van der Waals surface area (Å²) < 4.78 is 24.9. The molecule has 0 spiro atoms. The molecule has 0 N–H and O–H groups in total. The zero-order valence-corrected chi connectivity index (χ0v) is 17.7. The summed E-state index contributed by atoms with van der Waals surface area (Å²) in [5, 5.41) is 1.04. The normalized spacial score (nSPS) is 15.1. The fourth-order valence-corrected chi connectivity index (χ4v) is 5.63. The molecule has 3 aromatic rings. The van der Waals surface area contributed by atoms with E-state index in [4.69, 9.17) is 0 Å². The number of piperazine rings is 1. The molecular weight excluding hydrogens is 408 g/mol. The molecule has 0 atom stereocenters. The molecule has 152 valence electrons. The first-order valence-corrected chi connectivity index (χ1v) is 12.0. The minimum absolute atomic E-state index is 0.180. The lowest BCUT2D eigenvalue weighted by atomic mass is 10.2. The number of hydrogen-bond donors (Lipinski definition) is 0. The molecular formula is C20H22N4O3S2. The molecule has 0 saturated carbocycles. The van der Waals surface area contributed by atoms with Crippen molar-refractivity contribution < 1.29 is 13.2 Å². The minimum atomic E-state index is -3.63. The average molecular weight is 431 g/mol. The van der Waals surface area contributed by atoms with E-state index in [9.17, 15) is 13.2 Å². The summed E-state index contributed by atoms with van der Waals surface area (Å²) in [5.74, 6) is 0.0270. The maximum atomic E-state index is 12.6. The second-order valence-electron chi connectivity index (χ2n) is 6.92. The summed E-state index contributed by atoms with van der Waals surface area (Å²) in [7, 11) is -3.63. The molecule has 0 unspecified atom stereocenters. The van der Waals surface area contributed by atoms with Crippen LogP contribution in [0.1, 0.15) is 11.8 Å². The lowest BCUT2D eigenvalue weighted by Gasteiger charge is -2.35. The molecule has 1 amide bonds. The van der Waals surface area contributed by atoms with Crippen LogP contribution in [0.3, 0.4) is 0 Å². The van der Waals surface area contributed by atoms with Gasteiger partial charge < -0.3 is 9.80 Å². The van der Waals surface area contributed by atoms with E-state index in [0.29, 0.717) is 26.2 Å². The number of amides is 1. The third-order valence-electron chi connectivity index (χ3n) is 5.06. The third-order valence-corrected chi connectivity index (χ3v) is 7.86. The van der Waals surface area contributed by atoms with Crippen LogP contribution in [0.5, 0.6) is 0 Å². The number of aryl methyl sites for hydroxylation is 1. The summed E-state index contributed by atoms with van der Waals surface area (Å²) in [6.07, 6.45) is 2.54. The number of anilines is 1. The van der Waals surface area contributed by atoms with Gasteiger partial charge >= 0.3 is 0 Å². The van der Waals surface area contributed by atoms with Crippen molar-refractivity contribution in [2.45, 2.75) is 18.2 Å². The van der Waals surface area contributed by atoms with Gasteiger partial charge in [0, 0.05) is 31.1 Å². The second-order valence-corrected chi connectivity index (χ2v) is 10.0. The number of rotatable bonds is 5. The molecule has 1 fully saturated rings. The second kappa shape index (κ2) is 8.08. The number of hydrogen-bond acceptors (Lipinski definition) is 7. The Hall–Kier alpha value is -2.52. The fourth-order valence-electron chi connectivity index (χ4n) is 3.45. The van der Waals surface area contributed by atoms with Crippen molar-refractivity contribution in [2.24, 2.45) is 0 Å². The highest BCUT2D eigenvalue weighted by Gasteiger charge is 2.27. The van der Waals surface area contributed by atoms with Gasteiger partial charge in [0.1, 0.15) is 22.7 Å². The van der Waals surface area contributed by atoms with E-state index in [1.54, 1.807) is 40.8 Å². The summed E-state index contributed by atoms with van der Waals surface area (Å²) in [4.78, 5) is 27.6. The van der Waals surface area contributed by atoms with Gasteiger partial charge in [0.15, 0.2) is 9.84 Å². The molecule has 1 aliphatic rings. The van der Waals surface area contributed by atoms with Crippen molar-refractivity contribution in [3.8, 4) is 0 Å². The number of aromatic nitrogens is 2. The SMILES string of the molecule is CCc1cc2c(N3CCN(C(=O)CS(=O)(=O)c4ccccc4)CC3)ncnc2s1. The van der Waals surface area contributed by atoms with Crippen molar-refractivity contribution in [1.82, 2.24) is 14.9 Å². The Labute approximate surface area is 173 Å². The van der Waals surface area contributed by atoms with Crippen LogP contribution in [0.25, 0.3) is 10.2 Å². The van der Waals surface area contributed by atoms with Crippen LogP contribution in [0, 0.1) is 0 Å². The van der Waals surface area contributed by atoms with Gasteiger partial charge in [-0.05, 0) is 24.6 Å². The van der Waals surface area contributed by atoms with Gasteiger partial charge in [0.2, 0.25) is 5.91 Å². The van der Waals surface area contributed by atoms with Crippen LogP contribution in [0.4, 0.5) is 5.82 Å². The average Bonchev–Trinajstić information content (AvgIpc) is 3.18. The maximum absolute atomic E-state index is 12.6. The van der Waals surface area contributed by atoms with Gasteiger partial charge in [0.25, 0.3) is 0 Å². The van der Waals surface area contributed by atoms with Crippen LogP contribution in [-0.2, 0) is 21.1 Å². The lowest BCUT2D eigenvalue weighted by molar-refractivity contribution is -0.128. The first-order valence-electron chi connectivity index (χ1n) is 9.52. The topological polar surface area (TPSA) is 83.5 Å². The Balaban J connectivity index is 1.43. The highest BCUT2D eigenvalue weighted by molar-refractivity contribution is 7.92. The molecule has 0 radical (unpaired) electrons. The lowest BCUT2D eigenvalue weighted by Crippen LogP contribution is -2.50. The summed E-state index contributed by atoms with van der Waals surface area (Å²) in [6.45, 7) is 4.28. The van der Waals surface area contributed by atoms with E-state index >= 15 is 0 Å². The predicted octanol–water partition coefficient (Wildman–Crippen LogP) is 2.38. The molecule has 0 aliphatic carbocycles. The molecule has 2 aromatic heterocycles. The van der Waals surface area contributed by atoms with Crippen molar-refractivity contribution in [3.63, 3.8) is 0 Å². The number of sulfone groups is 1. The molecule has 29 heavy (non-hydrogen) atoms. The smallest absolute Gasteiger partial charge is 0.238 e. The number of carbonyl (C=O) groups is 1. The van der Waals surface area contributed by atoms with Crippen LogP contribution in [0.15, 0.2) is 47.6 Å². The Bertz CT molecular complexity index is 1120. The third kappa shape index (κ3) is 4.11. The fraction of sp³-hybridized carbons (Fsp3) is 0.350. The van der Waals surface area contributed by atoms with E-state index in [-0.39, 0.29) is 10.8 Å². The van der Waals surface area contributed by atoms with E-state index in [1.165, 1.54) is 17.0 Å². The van der Waals surface area contributed by atoms with E-state index in [0.717, 1.165) is 22.5 Å². The number of nitrogens with zero attached hydrogens (tertiary/aromatic N) is 4. The first kappa shape index (κ1) is 19.8. The Morgan fingerprint density at radius 3 is 2.52 bits per heavy atom. The van der Waals surface area contributed by atoms with Crippen LogP contribution in [-0.4, -0.2) is 61.1 Å². The molecule has 3 heterocycles. The summed E-state index contributed by atoms with van der Waals surface area (Å²) in [6, 6.07) is 10.2. The summed E-state index contributed by atoms with van der Waals surface area (Å²) >= 11 is 1.68. The van der Waals surface area contributed by atoms with E-state index < -0.39 is 15.6 Å². The highest BCUT2D eigenvalue weighted by atomic mass is 32.2. The number of carbonyl (C=O) groups excluding carboxylic acids is 1. The Kier molecular flexibility index (Phi) is 5.51. The molecule has 4 rings (SSSR count). The highest BCUT2D eigenvalue weighted by Crippen LogP contribution is 2.31. The Morgan fingerprint density at radius 1 is 1.10 bits per heavy atom. The van der Waals surface area contributed by atoms with Crippen molar-refractivity contribution in [3.05, 3.63) is 47.6 Å². The molecule has 1 saturated heterocycles. The van der Waals surface area contributed by atoms with Gasteiger partial charge in [-0.25, -0.2) is 18.4 Å². The largest absolute Gasteiger partial charge is 0.352 e. The summed E-state index contributed by atoms with van der Waals surface area (Å²) in [5.41, 5.74) is 0. The van der Waals surface area contributed by atoms with Crippen molar-refractivity contribution in [1.29, 1.82) is 0 Å². The van der Waals surface area contributed by atoms with Crippen LogP contribution >= 0.6 is 11.3 Å². The van der Waals surface area contributed by atoms with Crippen LogP contribution in [0.2, 0.25) is 0 Å². The van der Waals surface area contributed by atoms with Gasteiger partial charge in [-0.2, -0.15) is 0 Å². The molecule has 1 aromatic carbocycles. The number of thiophene rings is 1. The zero-order chi connectivity index (χ0) is 20.4. The molecule has 0 bridgehead atoms. The first-order chi connectivity index (χ1) is 14.0. The number of benzene rings is 1. The standard InChI is InChI=1S/C20H22N4O3S2/c1-2-15-12-17-19(21-14-22-20(17)28-15)24-10-8-23(9-11-24)18(25)13-29(26,27)16-6-4-3-5-7-16/h3-7,12,14H,2,8-11,13H2,1H3. The number of fused-ring (bicyclic) bond motifs is 1.